The third kappa shape index (κ3) is 7.40. The molecule has 8 nitrogen and oxygen atoms in total. The van der Waals surface area contributed by atoms with Crippen LogP contribution in [0.15, 0.2) is 53.5 Å². The van der Waals surface area contributed by atoms with Crippen LogP contribution in [-0.4, -0.2) is 41.5 Å². The molecule has 0 radical (unpaired) electrons. The molecule has 0 aliphatic heterocycles. The first kappa shape index (κ1) is 25.4. The number of ether oxygens (including phenoxy) is 2. The summed E-state index contributed by atoms with van der Waals surface area (Å²) in [5.41, 5.74) is 2.30. The van der Waals surface area contributed by atoms with Crippen LogP contribution in [0, 0.1) is 6.92 Å². The number of nitrogens with zero attached hydrogens (tertiary/aromatic N) is 4. The first-order chi connectivity index (χ1) is 15.1. The Morgan fingerprint density at radius 2 is 1.72 bits per heavy atom. The Kier molecular flexibility index (Phi) is 10.3. The number of benzene rings is 2. The van der Waals surface area contributed by atoms with Gasteiger partial charge in [-0.05, 0) is 48.7 Å². The van der Waals surface area contributed by atoms with Crippen molar-refractivity contribution in [3.63, 3.8) is 0 Å². The Hall–Kier alpha value is -2.82. The van der Waals surface area contributed by atoms with Crippen LogP contribution in [0.4, 0.5) is 0 Å². The molecule has 0 atom stereocenters. The highest BCUT2D eigenvalue weighted by atomic mass is 127. The minimum absolute atomic E-state index is 0. The second-order valence-corrected chi connectivity index (χ2v) is 7.12. The Bertz CT molecular complexity index is 1000. The maximum Gasteiger partial charge on any atom is 0.191 e. The van der Waals surface area contributed by atoms with Crippen LogP contribution in [0.2, 0.25) is 0 Å². The first-order valence-corrected chi connectivity index (χ1v) is 10.2. The number of halogens is 1. The van der Waals surface area contributed by atoms with Gasteiger partial charge in [-0.25, -0.2) is 4.99 Å². The van der Waals surface area contributed by atoms with Crippen LogP contribution in [-0.2, 0) is 26.6 Å². The highest BCUT2D eigenvalue weighted by Crippen LogP contribution is 2.13. The number of aromatic nitrogens is 3. The molecular formula is C23H31IN6O2. The first-order valence-electron chi connectivity index (χ1n) is 10.2. The number of nitrogens with one attached hydrogen (secondary N) is 2. The van der Waals surface area contributed by atoms with E-state index in [4.69, 9.17) is 14.5 Å². The van der Waals surface area contributed by atoms with Gasteiger partial charge in [0, 0.05) is 13.6 Å². The van der Waals surface area contributed by atoms with Gasteiger partial charge in [0.2, 0.25) is 0 Å². The maximum atomic E-state index is 5.31. The van der Waals surface area contributed by atoms with Gasteiger partial charge in [0.25, 0.3) is 0 Å². The van der Waals surface area contributed by atoms with Crippen LogP contribution >= 0.6 is 24.0 Å². The fourth-order valence-electron chi connectivity index (χ4n) is 3.00. The molecule has 0 saturated heterocycles. The van der Waals surface area contributed by atoms with E-state index in [9.17, 15) is 0 Å². The Morgan fingerprint density at radius 3 is 2.38 bits per heavy atom. The predicted molar refractivity (Wildman–Crippen MR) is 137 cm³/mol. The molecule has 0 unspecified atom stereocenters. The van der Waals surface area contributed by atoms with E-state index in [1.54, 1.807) is 14.2 Å². The van der Waals surface area contributed by atoms with E-state index in [1.165, 1.54) is 5.56 Å². The van der Waals surface area contributed by atoms with Crippen molar-refractivity contribution < 1.29 is 9.47 Å². The summed E-state index contributed by atoms with van der Waals surface area (Å²) in [5.74, 6) is 4.13. The highest BCUT2D eigenvalue weighted by molar-refractivity contribution is 14.0. The second-order valence-electron chi connectivity index (χ2n) is 7.12. The number of methoxy groups -OCH3 is 2. The van der Waals surface area contributed by atoms with E-state index < -0.39 is 0 Å². The van der Waals surface area contributed by atoms with Gasteiger partial charge < -0.3 is 24.7 Å². The van der Waals surface area contributed by atoms with Gasteiger partial charge >= 0.3 is 0 Å². The molecule has 32 heavy (non-hydrogen) atoms. The molecule has 9 heteroatoms. The molecule has 3 aromatic rings. The number of guanidine groups is 1. The van der Waals surface area contributed by atoms with E-state index in [-0.39, 0.29) is 24.0 Å². The minimum Gasteiger partial charge on any atom is -0.497 e. The van der Waals surface area contributed by atoms with Crippen molar-refractivity contribution in [3.05, 3.63) is 71.3 Å². The topological polar surface area (TPSA) is 85.6 Å². The lowest BCUT2D eigenvalue weighted by Crippen LogP contribution is -2.38. The predicted octanol–water partition coefficient (Wildman–Crippen LogP) is 3.24. The number of rotatable bonds is 9. The highest BCUT2D eigenvalue weighted by Gasteiger charge is 2.07. The van der Waals surface area contributed by atoms with Gasteiger partial charge in [-0.1, -0.05) is 24.3 Å². The second kappa shape index (κ2) is 12.9. The number of hydrogen-bond donors (Lipinski definition) is 2. The van der Waals surface area contributed by atoms with Crippen LogP contribution < -0.4 is 20.1 Å². The maximum absolute atomic E-state index is 5.31. The molecule has 1 aromatic heterocycles. The molecule has 3 rings (SSSR count). The number of hydrogen-bond acceptors (Lipinski definition) is 5. The fraction of sp³-hybridized carbons (Fsp3) is 0.348. The van der Waals surface area contributed by atoms with E-state index in [0.717, 1.165) is 47.6 Å². The lowest BCUT2D eigenvalue weighted by molar-refractivity contribution is 0.414. The van der Waals surface area contributed by atoms with Gasteiger partial charge in [-0.3, -0.25) is 0 Å². The molecule has 1 heterocycles. The molecule has 0 aliphatic rings. The molecule has 2 N–H and O–H groups in total. The summed E-state index contributed by atoms with van der Waals surface area (Å²) in [7, 11) is 5.29. The monoisotopic (exact) mass is 550 g/mol. The Morgan fingerprint density at radius 1 is 0.969 bits per heavy atom. The van der Waals surface area contributed by atoms with Crippen molar-refractivity contribution in [1.82, 2.24) is 25.4 Å². The Labute approximate surface area is 206 Å². The quantitative estimate of drug-likeness (QED) is 0.242. The number of aryl methyl sites for hydroxylation is 1. The van der Waals surface area contributed by atoms with Gasteiger partial charge in [-0.2, -0.15) is 0 Å². The van der Waals surface area contributed by atoms with Gasteiger partial charge in [0.05, 0.1) is 27.3 Å². The summed E-state index contributed by atoms with van der Waals surface area (Å²) in [6, 6.07) is 16.0. The Balaban J connectivity index is 0.00000363. The third-order valence-electron chi connectivity index (χ3n) is 5.02. The summed E-state index contributed by atoms with van der Waals surface area (Å²) >= 11 is 0. The molecule has 0 spiro atoms. The van der Waals surface area contributed by atoms with E-state index >= 15 is 0 Å². The molecule has 0 bridgehead atoms. The summed E-state index contributed by atoms with van der Waals surface area (Å²) in [6.45, 7) is 3.74. The summed E-state index contributed by atoms with van der Waals surface area (Å²) in [6.07, 6.45) is 0.868. The van der Waals surface area contributed by atoms with E-state index in [2.05, 4.69) is 33.0 Å². The van der Waals surface area contributed by atoms with Crippen molar-refractivity contribution >= 4 is 29.9 Å². The lowest BCUT2D eigenvalue weighted by Gasteiger charge is -2.13. The zero-order valence-electron chi connectivity index (χ0n) is 19.0. The number of aliphatic imine (C=N–C) groups is 1. The molecule has 0 saturated carbocycles. The SMILES string of the molecule is COc1ccc(CCNC(=NCc2cccc(OC)c2)NCc2nnc(C)n2C)cc1.I. The van der Waals surface area contributed by atoms with Crippen LogP contribution in [0.1, 0.15) is 22.8 Å². The van der Waals surface area contributed by atoms with Gasteiger partial charge in [0.15, 0.2) is 11.8 Å². The molecule has 172 valence electrons. The standard InChI is InChI=1S/C23H30N6O2.HI/c1-17-27-28-22(29(17)2)16-26-23(25-15-19-6-5-7-21(14-19)31-4)24-13-12-18-8-10-20(30-3)11-9-18;/h5-11,14H,12-13,15-16H2,1-4H3,(H2,24,25,26);1H. The van der Waals surface area contributed by atoms with Crippen molar-refractivity contribution in [1.29, 1.82) is 0 Å². The molecule has 0 fully saturated rings. The van der Waals surface area contributed by atoms with Gasteiger partial charge in [0.1, 0.15) is 17.3 Å². The smallest absolute Gasteiger partial charge is 0.191 e. The summed E-state index contributed by atoms with van der Waals surface area (Å²) in [5, 5.41) is 15.1. The summed E-state index contributed by atoms with van der Waals surface area (Å²) in [4.78, 5) is 4.74. The van der Waals surface area contributed by atoms with Crippen molar-refractivity contribution in [2.45, 2.75) is 26.4 Å². The molecular weight excluding hydrogens is 519 g/mol. The average Bonchev–Trinajstić information content (AvgIpc) is 3.13. The van der Waals surface area contributed by atoms with Crippen molar-refractivity contribution in [2.75, 3.05) is 20.8 Å². The average molecular weight is 550 g/mol. The normalized spacial score (nSPS) is 10.9. The van der Waals surface area contributed by atoms with Crippen molar-refractivity contribution in [2.24, 2.45) is 12.0 Å². The molecule has 0 aliphatic carbocycles. The van der Waals surface area contributed by atoms with E-state index in [0.29, 0.717) is 13.1 Å². The summed E-state index contributed by atoms with van der Waals surface area (Å²) < 4.78 is 12.5. The van der Waals surface area contributed by atoms with Gasteiger partial charge in [-0.15, -0.1) is 34.2 Å². The molecule has 0 amide bonds. The van der Waals surface area contributed by atoms with Crippen LogP contribution in [0.3, 0.4) is 0 Å². The minimum atomic E-state index is 0. The zero-order chi connectivity index (χ0) is 22.1. The zero-order valence-corrected chi connectivity index (χ0v) is 21.3. The van der Waals surface area contributed by atoms with Crippen LogP contribution in [0.25, 0.3) is 0 Å². The lowest BCUT2D eigenvalue weighted by atomic mass is 10.1. The largest absolute Gasteiger partial charge is 0.497 e. The van der Waals surface area contributed by atoms with Crippen LogP contribution in [0.5, 0.6) is 11.5 Å². The van der Waals surface area contributed by atoms with Crippen molar-refractivity contribution in [3.8, 4) is 11.5 Å². The van der Waals surface area contributed by atoms with E-state index in [1.807, 2.05) is 54.9 Å². The fourth-order valence-corrected chi connectivity index (χ4v) is 3.00. The molecule has 2 aromatic carbocycles. The third-order valence-corrected chi connectivity index (χ3v) is 5.02.